The minimum Gasteiger partial charge on any atom is -0.467 e. The molecule has 1 amide bonds. The molecule has 0 aromatic carbocycles. The molecule has 0 saturated heterocycles. The van der Waals surface area contributed by atoms with E-state index in [2.05, 4.69) is 15.7 Å². The molecule has 2 atom stereocenters. The van der Waals surface area contributed by atoms with E-state index in [4.69, 9.17) is 20.4 Å². The first-order chi connectivity index (χ1) is 13.3. The molecule has 148 valence electrons. The van der Waals surface area contributed by atoms with Gasteiger partial charge in [-0.1, -0.05) is 11.6 Å². The molecule has 7 nitrogen and oxygen atoms in total. The standard InChI is InChI=1S/C17H14ClF3N4O3/c18-13-14(16(26)22-8-9-3-1-5-27-9)24-25-12(17(19,20)21)7-10(23-15(13)25)11-4-2-6-28-11/h1-6,10,12,23H,7-8H2,(H,22,26)/t10-,12+/m0/s1. The Morgan fingerprint density at radius 1 is 1.32 bits per heavy atom. The van der Waals surface area contributed by atoms with Gasteiger partial charge in [-0.3, -0.25) is 4.79 Å². The summed E-state index contributed by atoms with van der Waals surface area (Å²) in [4.78, 5) is 12.4. The molecule has 0 spiro atoms. The average Bonchev–Trinajstić information content (AvgIpc) is 3.40. The van der Waals surface area contributed by atoms with E-state index in [0.29, 0.717) is 16.2 Å². The van der Waals surface area contributed by atoms with Crippen LogP contribution in [-0.4, -0.2) is 21.9 Å². The number of nitrogens with zero attached hydrogens (tertiary/aromatic N) is 2. The molecule has 0 saturated carbocycles. The fourth-order valence-corrected chi connectivity index (χ4v) is 3.34. The Labute approximate surface area is 161 Å². The van der Waals surface area contributed by atoms with Gasteiger partial charge in [0.1, 0.15) is 22.4 Å². The zero-order valence-corrected chi connectivity index (χ0v) is 14.9. The fraction of sp³-hybridized carbons (Fsp3) is 0.294. The predicted molar refractivity (Wildman–Crippen MR) is 91.9 cm³/mol. The van der Waals surface area contributed by atoms with Crippen LogP contribution in [0.2, 0.25) is 5.02 Å². The highest BCUT2D eigenvalue weighted by atomic mass is 35.5. The second-order valence-corrected chi connectivity index (χ2v) is 6.60. The molecule has 11 heteroatoms. The van der Waals surface area contributed by atoms with Crippen molar-refractivity contribution in [2.24, 2.45) is 0 Å². The van der Waals surface area contributed by atoms with E-state index in [1.807, 2.05) is 0 Å². The highest BCUT2D eigenvalue weighted by Gasteiger charge is 2.48. The molecule has 3 aromatic heterocycles. The Morgan fingerprint density at radius 3 is 2.71 bits per heavy atom. The number of aromatic nitrogens is 2. The molecule has 0 radical (unpaired) electrons. The molecular weight excluding hydrogens is 401 g/mol. The third kappa shape index (κ3) is 3.35. The van der Waals surface area contributed by atoms with Crippen molar-refractivity contribution in [1.82, 2.24) is 15.1 Å². The first-order valence-electron chi connectivity index (χ1n) is 8.30. The zero-order valence-electron chi connectivity index (χ0n) is 14.2. The molecular formula is C17H14ClF3N4O3. The summed E-state index contributed by atoms with van der Waals surface area (Å²) in [5.41, 5.74) is -0.301. The van der Waals surface area contributed by atoms with Crippen LogP contribution in [0.25, 0.3) is 0 Å². The normalized spacial score (nSPS) is 19.1. The number of carbonyl (C=O) groups excluding carboxylic acids is 1. The maximum atomic E-state index is 13.6. The van der Waals surface area contributed by atoms with Crippen LogP contribution >= 0.6 is 11.6 Å². The van der Waals surface area contributed by atoms with E-state index in [0.717, 1.165) is 0 Å². The molecule has 1 aliphatic rings. The summed E-state index contributed by atoms with van der Waals surface area (Å²) in [5.74, 6) is 0.0274. The van der Waals surface area contributed by atoms with Crippen molar-refractivity contribution in [3.63, 3.8) is 0 Å². The van der Waals surface area contributed by atoms with Gasteiger partial charge < -0.3 is 19.5 Å². The molecule has 0 aliphatic carbocycles. The molecule has 4 heterocycles. The second-order valence-electron chi connectivity index (χ2n) is 6.22. The Morgan fingerprint density at radius 2 is 2.07 bits per heavy atom. The first-order valence-corrected chi connectivity index (χ1v) is 8.67. The lowest BCUT2D eigenvalue weighted by atomic mass is 10.0. The fourth-order valence-electron chi connectivity index (χ4n) is 3.07. The van der Waals surface area contributed by atoms with Gasteiger partial charge in [0.05, 0.1) is 25.1 Å². The smallest absolute Gasteiger partial charge is 0.410 e. The molecule has 0 fully saturated rings. The van der Waals surface area contributed by atoms with E-state index in [1.54, 1.807) is 24.3 Å². The summed E-state index contributed by atoms with van der Waals surface area (Å²) in [6.07, 6.45) is -2.12. The Bertz CT molecular complexity index is 967. The van der Waals surface area contributed by atoms with E-state index in [-0.39, 0.29) is 29.5 Å². The molecule has 1 aliphatic heterocycles. The lowest BCUT2D eigenvalue weighted by Crippen LogP contribution is -2.35. The van der Waals surface area contributed by atoms with Gasteiger partial charge in [-0.05, 0) is 24.3 Å². The lowest BCUT2D eigenvalue weighted by molar-refractivity contribution is -0.174. The van der Waals surface area contributed by atoms with Crippen LogP contribution in [0.3, 0.4) is 0 Å². The van der Waals surface area contributed by atoms with E-state index in [9.17, 15) is 18.0 Å². The van der Waals surface area contributed by atoms with Crippen molar-refractivity contribution < 1.29 is 26.8 Å². The summed E-state index contributed by atoms with van der Waals surface area (Å²) >= 11 is 6.21. The summed E-state index contributed by atoms with van der Waals surface area (Å²) in [6.45, 7) is 0.0511. The van der Waals surface area contributed by atoms with Crippen LogP contribution in [0.4, 0.5) is 19.0 Å². The van der Waals surface area contributed by atoms with Crippen LogP contribution in [0.1, 0.15) is 40.5 Å². The third-order valence-electron chi connectivity index (χ3n) is 4.40. The molecule has 0 unspecified atom stereocenters. The summed E-state index contributed by atoms with van der Waals surface area (Å²) in [5, 5.41) is 9.06. The number of nitrogens with one attached hydrogen (secondary N) is 2. The lowest BCUT2D eigenvalue weighted by Gasteiger charge is -2.32. The highest BCUT2D eigenvalue weighted by Crippen LogP contribution is 2.46. The van der Waals surface area contributed by atoms with E-state index < -0.39 is 24.2 Å². The van der Waals surface area contributed by atoms with E-state index in [1.165, 1.54) is 12.5 Å². The number of furan rings is 2. The molecule has 3 aromatic rings. The number of halogens is 4. The Balaban J connectivity index is 1.65. The van der Waals surface area contributed by atoms with Crippen LogP contribution in [-0.2, 0) is 6.54 Å². The van der Waals surface area contributed by atoms with Crippen LogP contribution in [0.5, 0.6) is 0 Å². The number of carbonyl (C=O) groups is 1. The number of fused-ring (bicyclic) bond motifs is 1. The average molecular weight is 415 g/mol. The van der Waals surface area contributed by atoms with Gasteiger partial charge in [0.2, 0.25) is 0 Å². The van der Waals surface area contributed by atoms with Gasteiger partial charge in [0.25, 0.3) is 5.91 Å². The number of amides is 1. The van der Waals surface area contributed by atoms with Crippen molar-refractivity contribution in [3.05, 3.63) is 59.0 Å². The van der Waals surface area contributed by atoms with Crippen molar-refractivity contribution in [2.75, 3.05) is 5.32 Å². The minimum atomic E-state index is -4.58. The number of hydrogen-bond donors (Lipinski definition) is 2. The molecule has 0 bridgehead atoms. The summed E-state index contributed by atoms with van der Waals surface area (Å²) in [7, 11) is 0. The van der Waals surface area contributed by atoms with Gasteiger partial charge in [-0.25, -0.2) is 4.68 Å². The van der Waals surface area contributed by atoms with Gasteiger partial charge >= 0.3 is 6.18 Å². The zero-order chi connectivity index (χ0) is 19.9. The van der Waals surface area contributed by atoms with Crippen molar-refractivity contribution in [3.8, 4) is 0 Å². The van der Waals surface area contributed by atoms with Gasteiger partial charge in [0.15, 0.2) is 11.7 Å². The summed E-state index contributed by atoms with van der Waals surface area (Å²) in [6, 6.07) is 3.74. The maximum Gasteiger partial charge on any atom is 0.410 e. The predicted octanol–water partition coefficient (Wildman–Crippen LogP) is 4.31. The van der Waals surface area contributed by atoms with Gasteiger partial charge in [-0.15, -0.1) is 0 Å². The van der Waals surface area contributed by atoms with Crippen LogP contribution in [0, 0.1) is 0 Å². The second kappa shape index (κ2) is 6.93. The molecule has 4 rings (SSSR count). The van der Waals surface area contributed by atoms with Gasteiger partial charge in [-0.2, -0.15) is 18.3 Å². The maximum absolute atomic E-state index is 13.6. The molecule has 28 heavy (non-hydrogen) atoms. The highest BCUT2D eigenvalue weighted by molar-refractivity contribution is 6.36. The Kier molecular flexibility index (Phi) is 4.58. The van der Waals surface area contributed by atoms with Crippen LogP contribution < -0.4 is 10.6 Å². The van der Waals surface area contributed by atoms with Crippen molar-refractivity contribution in [2.45, 2.75) is 31.2 Å². The SMILES string of the molecule is O=C(NCc1ccco1)c1nn2c(c1Cl)N[C@H](c1ccco1)C[C@@H]2C(F)(F)F. The number of rotatable bonds is 4. The first kappa shape index (κ1) is 18.5. The quantitative estimate of drug-likeness (QED) is 0.664. The Hall–Kier alpha value is -2.88. The van der Waals surface area contributed by atoms with Crippen molar-refractivity contribution in [1.29, 1.82) is 0 Å². The van der Waals surface area contributed by atoms with Gasteiger partial charge in [0, 0.05) is 6.42 Å². The topological polar surface area (TPSA) is 85.2 Å². The minimum absolute atomic E-state index is 0.0511. The van der Waals surface area contributed by atoms with Crippen molar-refractivity contribution >= 4 is 23.3 Å². The number of anilines is 1. The third-order valence-corrected chi connectivity index (χ3v) is 4.76. The van der Waals surface area contributed by atoms with Crippen LogP contribution in [0.15, 0.2) is 45.6 Å². The summed E-state index contributed by atoms with van der Waals surface area (Å²) < 4.78 is 52.0. The molecule has 2 N–H and O–H groups in total. The monoisotopic (exact) mass is 414 g/mol. The number of alkyl halides is 3. The van der Waals surface area contributed by atoms with E-state index >= 15 is 0 Å². The largest absolute Gasteiger partial charge is 0.467 e. The number of hydrogen-bond acceptors (Lipinski definition) is 5.